The Morgan fingerprint density at radius 2 is 2.31 bits per heavy atom. The molecule has 0 heterocycles. The van der Waals surface area contributed by atoms with E-state index < -0.39 is 5.97 Å². The van der Waals surface area contributed by atoms with Crippen LogP contribution in [0.1, 0.15) is 5.56 Å². The predicted molar refractivity (Wildman–Crippen MR) is 57.3 cm³/mol. The van der Waals surface area contributed by atoms with Crippen molar-refractivity contribution in [2.24, 2.45) is 0 Å². The lowest BCUT2D eigenvalue weighted by atomic mass is 10.2. The van der Waals surface area contributed by atoms with Crippen LogP contribution in [0, 0.1) is 0 Å². The molecule has 0 spiro atoms. The first-order chi connectivity index (χ1) is 6.22. The van der Waals surface area contributed by atoms with E-state index in [2.05, 4.69) is 22.6 Å². The Hall–Kier alpha value is -0.780. The summed E-state index contributed by atoms with van der Waals surface area (Å²) in [6, 6.07) is 7.42. The van der Waals surface area contributed by atoms with Gasteiger partial charge in [0.25, 0.3) is 0 Å². The first kappa shape index (κ1) is 10.3. The van der Waals surface area contributed by atoms with E-state index in [1.165, 1.54) is 0 Å². The van der Waals surface area contributed by atoms with Gasteiger partial charge in [-0.2, -0.15) is 0 Å². The van der Waals surface area contributed by atoms with Gasteiger partial charge in [-0.1, -0.05) is 34.7 Å². The van der Waals surface area contributed by atoms with Crippen LogP contribution < -0.4 is 4.74 Å². The van der Waals surface area contributed by atoms with Crippen molar-refractivity contribution in [2.75, 3.05) is 6.61 Å². The zero-order valence-corrected chi connectivity index (χ0v) is 9.02. The van der Waals surface area contributed by atoms with Crippen LogP contribution in [-0.2, 0) is 9.22 Å². The minimum atomic E-state index is -0.958. The summed E-state index contributed by atoms with van der Waals surface area (Å²) in [6.07, 6.45) is 0. The first-order valence-corrected chi connectivity index (χ1v) is 5.24. The summed E-state index contributed by atoms with van der Waals surface area (Å²) >= 11 is 2.24. The molecule has 3 nitrogen and oxygen atoms in total. The van der Waals surface area contributed by atoms with Crippen molar-refractivity contribution in [3.05, 3.63) is 29.8 Å². The Balaban J connectivity index is 2.61. The highest BCUT2D eigenvalue weighted by Gasteiger charge is 1.99. The topological polar surface area (TPSA) is 46.5 Å². The second-order valence-corrected chi connectivity index (χ2v) is 3.23. The maximum atomic E-state index is 10.2. The van der Waals surface area contributed by atoms with Crippen LogP contribution in [0.5, 0.6) is 5.75 Å². The molecule has 0 bridgehead atoms. The molecule has 1 rings (SSSR count). The number of alkyl halides is 1. The monoisotopic (exact) mass is 292 g/mol. The Morgan fingerprint density at radius 1 is 1.54 bits per heavy atom. The molecular weight excluding hydrogens is 283 g/mol. The fraction of sp³-hybridized carbons (Fsp3) is 0.222. The molecule has 0 fully saturated rings. The van der Waals surface area contributed by atoms with Crippen molar-refractivity contribution >= 4 is 28.6 Å². The van der Waals surface area contributed by atoms with E-state index in [9.17, 15) is 4.79 Å². The average molecular weight is 292 g/mol. The van der Waals surface area contributed by atoms with Gasteiger partial charge in [-0.05, 0) is 17.7 Å². The number of carboxylic acids is 1. The standard InChI is InChI=1S/C9H9IO3/c10-5-7-2-1-3-8(4-7)13-6-9(11)12/h1-4H,5-6H2,(H,11,12). The van der Waals surface area contributed by atoms with Crippen LogP contribution in [0.15, 0.2) is 24.3 Å². The van der Waals surface area contributed by atoms with Crippen molar-refractivity contribution in [1.29, 1.82) is 0 Å². The summed E-state index contributed by atoms with van der Waals surface area (Å²) in [5, 5.41) is 8.37. The highest BCUT2D eigenvalue weighted by molar-refractivity contribution is 14.1. The molecule has 0 amide bonds. The summed E-state index contributed by atoms with van der Waals surface area (Å²) < 4.78 is 5.90. The average Bonchev–Trinajstić information content (AvgIpc) is 2.15. The van der Waals surface area contributed by atoms with Crippen LogP contribution in [0.25, 0.3) is 0 Å². The molecule has 70 valence electrons. The van der Waals surface area contributed by atoms with Crippen molar-refractivity contribution in [3.63, 3.8) is 0 Å². The molecule has 0 atom stereocenters. The number of carbonyl (C=O) groups is 1. The number of halogens is 1. The van der Waals surface area contributed by atoms with Gasteiger partial charge in [-0.3, -0.25) is 0 Å². The number of hydrogen-bond donors (Lipinski definition) is 1. The van der Waals surface area contributed by atoms with Gasteiger partial charge in [-0.25, -0.2) is 4.79 Å². The van der Waals surface area contributed by atoms with Crippen molar-refractivity contribution in [1.82, 2.24) is 0 Å². The maximum Gasteiger partial charge on any atom is 0.341 e. The fourth-order valence-electron chi connectivity index (χ4n) is 0.863. The molecule has 0 aliphatic rings. The zero-order valence-electron chi connectivity index (χ0n) is 6.87. The minimum absolute atomic E-state index is 0.287. The van der Waals surface area contributed by atoms with Gasteiger partial charge in [0.05, 0.1) is 0 Å². The molecule has 4 heteroatoms. The number of rotatable bonds is 4. The van der Waals surface area contributed by atoms with Gasteiger partial charge in [0.1, 0.15) is 5.75 Å². The first-order valence-electron chi connectivity index (χ1n) is 3.72. The number of aliphatic carboxylic acids is 1. The third-order valence-corrected chi connectivity index (χ3v) is 2.30. The minimum Gasteiger partial charge on any atom is -0.482 e. The largest absolute Gasteiger partial charge is 0.482 e. The molecular formula is C9H9IO3. The van der Waals surface area contributed by atoms with Gasteiger partial charge in [-0.15, -0.1) is 0 Å². The molecule has 1 aromatic rings. The molecule has 0 unspecified atom stereocenters. The maximum absolute atomic E-state index is 10.2. The fourth-order valence-corrected chi connectivity index (χ4v) is 1.34. The molecule has 0 saturated heterocycles. The van der Waals surface area contributed by atoms with E-state index in [0.717, 1.165) is 9.99 Å². The Morgan fingerprint density at radius 3 is 2.92 bits per heavy atom. The Kier molecular flexibility index (Phi) is 4.01. The van der Waals surface area contributed by atoms with Gasteiger partial charge < -0.3 is 9.84 Å². The number of hydrogen-bond acceptors (Lipinski definition) is 2. The Bertz CT molecular complexity index is 299. The summed E-state index contributed by atoms with van der Waals surface area (Å²) in [4.78, 5) is 10.2. The third kappa shape index (κ3) is 3.63. The van der Waals surface area contributed by atoms with Gasteiger partial charge in [0, 0.05) is 4.43 Å². The van der Waals surface area contributed by atoms with Gasteiger partial charge in [0.15, 0.2) is 6.61 Å². The third-order valence-electron chi connectivity index (χ3n) is 1.42. The van der Waals surface area contributed by atoms with Crippen LogP contribution in [-0.4, -0.2) is 17.7 Å². The molecule has 13 heavy (non-hydrogen) atoms. The SMILES string of the molecule is O=C(O)COc1cccc(CI)c1. The normalized spacial score (nSPS) is 9.62. The van der Waals surface area contributed by atoms with E-state index in [1.54, 1.807) is 6.07 Å². The molecule has 0 aliphatic carbocycles. The van der Waals surface area contributed by atoms with Gasteiger partial charge in [0.2, 0.25) is 0 Å². The van der Waals surface area contributed by atoms with Crippen molar-refractivity contribution < 1.29 is 14.6 Å². The highest BCUT2D eigenvalue weighted by Crippen LogP contribution is 2.15. The molecule has 0 radical (unpaired) electrons. The second kappa shape index (κ2) is 5.06. The van der Waals surface area contributed by atoms with Crippen LogP contribution in [0.2, 0.25) is 0 Å². The second-order valence-electron chi connectivity index (χ2n) is 2.46. The zero-order chi connectivity index (χ0) is 9.68. The lowest BCUT2D eigenvalue weighted by Gasteiger charge is -2.03. The van der Waals surface area contributed by atoms with Crippen LogP contribution in [0.4, 0.5) is 0 Å². The van der Waals surface area contributed by atoms with Crippen LogP contribution >= 0.6 is 22.6 Å². The number of carboxylic acid groups (broad SMARTS) is 1. The van der Waals surface area contributed by atoms with Crippen molar-refractivity contribution in [3.8, 4) is 5.75 Å². The van der Waals surface area contributed by atoms with E-state index in [1.807, 2.05) is 18.2 Å². The lowest BCUT2D eigenvalue weighted by Crippen LogP contribution is -2.09. The molecule has 1 aromatic carbocycles. The summed E-state index contributed by atoms with van der Waals surface area (Å²) in [5.74, 6) is -0.351. The summed E-state index contributed by atoms with van der Waals surface area (Å²) in [5.41, 5.74) is 1.13. The van der Waals surface area contributed by atoms with E-state index >= 15 is 0 Å². The van der Waals surface area contributed by atoms with E-state index in [-0.39, 0.29) is 6.61 Å². The highest BCUT2D eigenvalue weighted by atomic mass is 127. The van der Waals surface area contributed by atoms with Gasteiger partial charge >= 0.3 is 5.97 Å². The molecule has 0 aromatic heterocycles. The summed E-state index contributed by atoms with van der Waals surface area (Å²) in [7, 11) is 0. The lowest BCUT2D eigenvalue weighted by molar-refractivity contribution is -0.139. The summed E-state index contributed by atoms with van der Waals surface area (Å²) in [6.45, 7) is -0.287. The quantitative estimate of drug-likeness (QED) is 0.682. The molecule has 0 aliphatic heterocycles. The van der Waals surface area contributed by atoms with E-state index in [4.69, 9.17) is 9.84 Å². The van der Waals surface area contributed by atoms with E-state index in [0.29, 0.717) is 5.75 Å². The Labute approximate surface area is 89.9 Å². The van der Waals surface area contributed by atoms with Crippen molar-refractivity contribution in [2.45, 2.75) is 4.43 Å². The smallest absolute Gasteiger partial charge is 0.341 e. The number of benzene rings is 1. The predicted octanol–water partition coefficient (Wildman–Crippen LogP) is 2.08. The molecule has 0 saturated carbocycles. The number of ether oxygens (including phenoxy) is 1. The molecule has 1 N–H and O–H groups in total. The van der Waals surface area contributed by atoms with Crippen LogP contribution in [0.3, 0.4) is 0 Å².